The molecule has 1 aromatic rings. The highest BCUT2D eigenvalue weighted by Crippen LogP contribution is 2.42. The zero-order valence-electron chi connectivity index (χ0n) is 16.8. The first-order chi connectivity index (χ1) is 11.8. The molecule has 1 heterocycles. The maximum atomic E-state index is 13.2. The van der Waals surface area contributed by atoms with Crippen molar-refractivity contribution in [2.24, 2.45) is 0 Å². The van der Waals surface area contributed by atoms with Crippen molar-refractivity contribution in [3.63, 3.8) is 0 Å². The fourth-order valence-corrected chi connectivity index (χ4v) is 4.58. The lowest BCUT2D eigenvalue weighted by molar-refractivity contribution is -0.137. The van der Waals surface area contributed by atoms with Crippen LogP contribution in [0.4, 0.5) is 13.2 Å². The van der Waals surface area contributed by atoms with Gasteiger partial charge in [0.15, 0.2) is 0 Å². The third kappa shape index (κ3) is 4.20. The van der Waals surface area contributed by atoms with Crippen molar-refractivity contribution in [1.82, 2.24) is 0 Å². The predicted molar refractivity (Wildman–Crippen MR) is 102 cm³/mol. The van der Waals surface area contributed by atoms with Crippen LogP contribution in [0, 0.1) is 0 Å². The smallest absolute Gasteiger partial charge is 0.403 e. The molecule has 1 aliphatic rings. The minimum Gasteiger partial charge on any atom is -0.403 e. The van der Waals surface area contributed by atoms with E-state index in [1.807, 2.05) is 40.8 Å². The Kier molecular flexibility index (Phi) is 6.06. The quantitative estimate of drug-likeness (QED) is 0.650. The zero-order chi connectivity index (χ0) is 19.9. The summed E-state index contributed by atoms with van der Waals surface area (Å²) in [5, 5.41) is 0.818. The Labute approximate surface area is 157 Å². The van der Waals surface area contributed by atoms with Crippen molar-refractivity contribution in [1.29, 1.82) is 0 Å². The van der Waals surface area contributed by atoms with Crippen molar-refractivity contribution in [3.05, 3.63) is 29.3 Å². The molecule has 1 atom stereocenters. The molecule has 145 valence electrons. The molecule has 1 aliphatic heterocycles. The van der Waals surface area contributed by atoms with E-state index in [4.69, 9.17) is 9.31 Å². The first-order valence-corrected chi connectivity index (χ1v) is 11.7. The highest BCUT2D eigenvalue weighted by atomic mass is 28.3. The molecule has 1 aromatic carbocycles. The Bertz CT molecular complexity index is 628. The average Bonchev–Trinajstić information content (AvgIpc) is 2.71. The van der Waals surface area contributed by atoms with Gasteiger partial charge in [-0.05, 0) is 45.7 Å². The van der Waals surface area contributed by atoms with Gasteiger partial charge in [-0.2, -0.15) is 13.2 Å². The van der Waals surface area contributed by atoms with E-state index in [-0.39, 0.29) is 5.82 Å². The Hall–Kier alpha value is -0.788. The summed E-state index contributed by atoms with van der Waals surface area (Å²) in [5.74, 6) is -0.0711. The van der Waals surface area contributed by atoms with Gasteiger partial charge >= 0.3 is 13.3 Å². The van der Waals surface area contributed by atoms with Gasteiger partial charge in [-0.25, -0.2) is 0 Å². The molecule has 1 radical (unpaired) electrons. The summed E-state index contributed by atoms with van der Waals surface area (Å²) < 4.78 is 52.0. The van der Waals surface area contributed by atoms with Crippen LogP contribution in [0.25, 0.3) is 0 Å². The Morgan fingerprint density at radius 3 is 2.04 bits per heavy atom. The molecule has 0 aromatic heterocycles. The fraction of sp³-hybridized carbons (Fsp3) is 0.684. The second-order valence-electron chi connectivity index (χ2n) is 8.32. The SMILES string of the molecule is CCCC(B1OC(C)(C)C(C)(C)O1)c1ccc(C(F)(F)F)cc1[Si](C)C. The summed E-state index contributed by atoms with van der Waals surface area (Å²) in [6.45, 7) is 14.1. The van der Waals surface area contributed by atoms with Crippen LogP contribution in [0.3, 0.4) is 0 Å². The number of hydrogen-bond donors (Lipinski definition) is 0. The maximum Gasteiger partial charge on any atom is 0.465 e. The van der Waals surface area contributed by atoms with Gasteiger partial charge in [-0.15, -0.1) is 0 Å². The van der Waals surface area contributed by atoms with Crippen LogP contribution in [0.1, 0.15) is 64.4 Å². The number of benzene rings is 1. The van der Waals surface area contributed by atoms with Gasteiger partial charge in [-0.1, -0.05) is 43.8 Å². The molecule has 0 aliphatic carbocycles. The lowest BCUT2D eigenvalue weighted by Gasteiger charge is -2.32. The summed E-state index contributed by atoms with van der Waals surface area (Å²) >= 11 is 0. The van der Waals surface area contributed by atoms with E-state index in [1.54, 1.807) is 6.07 Å². The van der Waals surface area contributed by atoms with Crippen LogP contribution in [0.15, 0.2) is 18.2 Å². The highest BCUT2D eigenvalue weighted by molar-refractivity contribution is 6.71. The number of halogens is 3. The van der Waals surface area contributed by atoms with Gasteiger partial charge in [0.25, 0.3) is 0 Å². The molecule has 0 amide bonds. The van der Waals surface area contributed by atoms with Crippen LogP contribution in [0.5, 0.6) is 0 Å². The molecule has 1 unspecified atom stereocenters. The molecular weight excluding hydrogens is 356 g/mol. The molecule has 0 spiro atoms. The van der Waals surface area contributed by atoms with Gasteiger partial charge < -0.3 is 9.31 Å². The van der Waals surface area contributed by atoms with E-state index in [0.29, 0.717) is 0 Å². The minimum absolute atomic E-state index is 0.0711. The molecule has 0 bridgehead atoms. The zero-order valence-corrected chi connectivity index (χ0v) is 17.8. The lowest BCUT2D eigenvalue weighted by atomic mass is 9.65. The van der Waals surface area contributed by atoms with Crippen LogP contribution in [0.2, 0.25) is 13.1 Å². The maximum absolute atomic E-state index is 13.2. The van der Waals surface area contributed by atoms with Gasteiger partial charge in [0.05, 0.1) is 25.6 Å². The van der Waals surface area contributed by atoms with E-state index in [0.717, 1.165) is 23.6 Å². The number of rotatable bonds is 5. The molecule has 0 N–H and O–H groups in total. The number of hydrogen-bond acceptors (Lipinski definition) is 2. The van der Waals surface area contributed by atoms with E-state index in [2.05, 4.69) is 6.92 Å². The molecular formula is C19H29BF3O2Si. The monoisotopic (exact) mass is 385 g/mol. The van der Waals surface area contributed by atoms with Crippen molar-refractivity contribution < 1.29 is 22.5 Å². The Morgan fingerprint density at radius 1 is 1.08 bits per heavy atom. The van der Waals surface area contributed by atoms with E-state index in [1.165, 1.54) is 12.1 Å². The summed E-state index contributed by atoms with van der Waals surface area (Å²) in [6.07, 6.45) is -2.61. The summed E-state index contributed by atoms with van der Waals surface area (Å²) in [6, 6.07) is 4.16. The highest BCUT2D eigenvalue weighted by Gasteiger charge is 2.54. The van der Waals surface area contributed by atoms with Gasteiger partial charge in [0.2, 0.25) is 0 Å². The molecule has 1 saturated heterocycles. The van der Waals surface area contributed by atoms with Gasteiger partial charge in [0, 0.05) is 5.82 Å². The number of alkyl halides is 3. The van der Waals surface area contributed by atoms with E-state index >= 15 is 0 Å². The standard InChI is InChI=1S/C19H29BF3O2Si/c1-8-9-15(20-24-17(2,3)18(4,5)25-20)14-11-10-13(19(21,22)23)12-16(14)26(6)7/h10-12,15H,8-9H2,1-7H3. The molecule has 26 heavy (non-hydrogen) atoms. The van der Waals surface area contributed by atoms with Crippen LogP contribution < -0.4 is 5.19 Å². The Morgan fingerprint density at radius 2 is 1.62 bits per heavy atom. The average molecular weight is 385 g/mol. The largest absolute Gasteiger partial charge is 0.465 e. The third-order valence-electron chi connectivity index (χ3n) is 5.52. The van der Waals surface area contributed by atoms with Crippen molar-refractivity contribution in [2.75, 3.05) is 0 Å². The van der Waals surface area contributed by atoms with Crippen molar-refractivity contribution in [3.8, 4) is 0 Å². The predicted octanol–water partition coefficient (Wildman–Crippen LogP) is 5.18. The Balaban J connectivity index is 2.48. The van der Waals surface area contributed by atoms with Crippen LogP contribution in [-0.4, -0.2) is 27.1 Å². The minimum atomic E-state index is -4.32. The van der Waals surface area contributed by atoms with Crippen molar-refractivity contribution in [2.45, 2.75) is 83.8 Å². The van der Waals surface area contributed by atoms with Gasteiger partial charge in [0.1, 0.15) is 0 Å². The van der Waals surface area contributed by atoms with E-state index in [9.17, 15) is 13.2 Å². The molecule has 1 fully saturated rings. The second kappa shape index (κ2) is 7.32. The molecule has 2 nitrogen and oxygen atoms in total. The first-order valence-electron chi connectivity index (χ1n) is 9.17. The molecule has 2 rings (SSSR count). The normalized spacial score (nSPS) is 20.7. The molecule has 0 saturated carbocycles. The summed E-state index contributed by atoms with van der Waals surface area (Å²) in [7, 11) is -1.53. The summed E-state index contributed by atoms with van der Waals surface area (Å²) in [4.78, 5) is 0. The van der Waals surface area contributed by atoms with E-state index < -0.39 is 38.9 Å². The van der Waals surface area contributed by atoms with Crippen molar-refractivity contribution >= 4 is 21.1 Å². The third-order valence-corrected chi connectivity index (χ3v) is 7.03. The molecule has 7 heteroatoms. The lowest BCUT2D eigenvalue weighted by Crippen LogP contribution is -2.41. The first kappa shape index (κ1) is 21.5. The topological polar surface area (TPSA) is 18.5 Å². The summed E-state index contributed by atoms with van der Waals surface area (Å²) in [5.41, 5.74) is -0.548. The van der Waals surface area contributed by atoms with Crippen LogP contribution in [-0.2, 0) is 15.5 Å². The van der Waals surface area contributed by atoms with Crippen LogP contribution >= 0.6 is 0 Å². The second-order valence-corrected chi connectivity index (χ2v) is 10.9. The fourth-order valence-electron chi connectivity index (χ4n) is 3.29. The van der Waals surface area contributed by atoms with Gasteiger partial charge in [-0.3, -0.25) is 0 Å².